The largest absolute Gasteiger partial charge is 0.478 e. The average molecular weight is 141 g/mol. The highest BCUT2D eigenvalue weighted by Gasteiger charge is 2.01. The van der Waals surface area contributed by atoms with Gasteiger partial charge in [-0.25, -0.2) is 9.18 Å². The highest BCUT2D eigenvalue weighted by atomic mass is 19.1. The zero-order valence-corrected chi connectivity index (χ0v) is 4.97. The van der Waals surface area contributed by atoms with Crippen molar-refractivity contribution in [1.82, 2.24) is 0 Å². The molecule has 0 bridgehead atoms. The summed E-state index contributed by atoms with van der Waals surface area (Å²) < 4.78 is 19.4. The van der Waals surface area contributed by atoms with Crippen LogP contribution in [0.3, 0.4) is 0 Å². The molecule has 1 aromatic rings. The van der Waals surface area contributed by atoms with E-state index in [0.717, 1.165) is 12.1 Å². The van der Waals surface area contributed by atoms with Gasteiger partial charge in [0.05, 0.1) is 6.93 Å². The van der Waals surface area contributed by atoms with E-state index >= 15 is 0 Å². The van der Waals surface area contributed by atoms with Gasteiger partial charge in [0, 0.05) is 0 Å². The second-order valence-electron chi connectivity index (χ2n) is 1.73. The predicted molar refractivity (Wildman–Crippen MR) is 33.4 cm³/mol. The van der Waals surface area contributed by atoms with Crippen molar-refractivity contribution in [2.75, 3.05) is 0 Å². The predicted octanol–water partition coefficient (Wildman–Crippen LogP) is 1.52. The van der Waals surface area contributed by atoms with Crippen LogP contribution in [0.4, 0.5) is 4.39 Å². The van der Waals surface area contributed by atoms with Gasteiger partial charge in [-0.3, -0.25) is 0 Å². The third-order valence-electron chi connectivity index (χ3n) is 1.01. The van der Waals surface area contributed by atoms with Gasteiger partial charge in [0.1, 0.15) is 5.82 Å². The number of carbonyl (C=O) groups is 1. The highest BCUT2D eigenvalue weighted by Crippen LogP contribution is 2.02. The van der Waals surface area contributed by atoms with Crippen molar-refractivity contribution < 1.29 is 15.7 Å². The van der Waals surface area contributed by atoms with Crippen LogP contribution in [0.1, 0.15) is 11.7 Å². The molecule has 1 rings (SSSR count). The van der Waals surface area contributed by atoms with Gasteiger partial charge in [-0.2, -0.15) is 0 Å². The monoisotopic (exact) mass is 141 g/mol. The summed E-state index contributed by atoms with van der Waals surface area (Å²) in [5.41, 5.74) is -0.140. The minimum Gasteiger partial charge on any atom is -0.478 e. The number of halogens is 1. The molecule has 0 saturated carbocycles. The van der Waals surface area contributed by atoms with Crippen molar-refractivity contribution in [2.45, 2.75) is 0 Å². The van der Waals surface area contributed by atoms with E-state index in [4.69, 9.17) is 6.48 Å². The van der Waals surface area contributed by atoms with Crippen LogP contribution >= 0.6 is 0 Å². The van der Waals surface area contributed by atoms with E-state index in [9.17, 15) is 9.18 Å². The first-order valence-electron chi connectivity index (χ1n) is 3.10. The van der Waals surface area contributed by atoms with Crippen molar-refractivity contribution in [3.8, 4) is 0 Å². The SMILES string of the molecule is [2H]c1ccc(C(=O)O)cc1F. The molecule has 3 heteroatoms. The smallest absolute Gasteiger partial charge is 0.335 e. The summed E-state index contributed by atoms with van der Waals surface area (Å²) in [6, 6.07) is 2.83. The highest BCUT2D eigenvalue weighted by molar-refractivity contribution is 5.87. The summed E-state index contributed by atoms with van der Waals surface area (Å²) in [7, 11) is 0. The lowest BCUT2D eigenvalue weighted by atomic mass is 10.2. The van der Waals surface area contributed by atoms with Gasteiger partial charge in [-0.15, -0.1) is 0 Å². The maximum Gasteiger partial charge on any atom is 0.335 e. The van der Waals surface area contributed by atoms with Gasteiger partial charge in [0.15, 0.2) is 0 Å². The van der Waals surface area contributed by atoms with Crippen LogP contribution in [0.25, 0.3) is 0 Å². The molecule has 0 aliphatic heterocycles. The molecule has 0 radical (unpaired) electrons. The fourth-order valence-electron chi connectivity index (χ4n) is 0.570. The zero-order valence-electron chi connectivity index (χ0n) is 5.97. The van der Waals surface area contributed by atoms with E-state index < -0.39 is 11.8 Å². The molecule has 10 heavy (non-hydrogen) atoms. The van der Waals surface area contributed by atoms with Crippen LogP contribution in [0.15, 0.2) is 24.2 Å². The number of carboxylic acid groups (broad SMARTS) is 1. The summed E-state index contributed by atoms with van der Waals surface area (Å²) in [5.74, 6) is -2.01. The number of aromatic carboxylic acids is 1. The van der Waals surface area contributed by atoms with Crippen molar-refractivity contribution in [1.29, 1.82) is 0 Å². The molecular formula is C7H5FO2. The van der Waals surface area contributed by atoms with Crippen LogP contribution in [0, 0.1) is 5.82 Å². The third kappa shape index (κ3) is 1.31. The molecule has 0 atom stereocenters. The van der Waals surface area contributed by atoms with E-state index in [2.05, 4.69) is 0 Å². The molecule has 0 fully saturated rings. The fourth-order valence-corrected chi connectivity index (χ4v) is 0.570. The number of benzene rings is 1. The van der Waals surface area contributed by atoms with E-state index in [1.807, 2.05) is 0 Å². The average Bonchev–Trinajstić information content (AvgIpc) is 1.94. The minimum atomic E-state index is -1.19. The number of hydrogen-bond acceptors (Lipinski definition) is 1. The van der Waals surface area contributed by atoms with Gasteiger partial charge in [0.2, 0.25) is 0 Å². The van der Waals surface area contributed by atoms with Crippen molar-refractivity contribution in [3.05, 3.63) is 35.6 Å². The molecule has 0 heterocycles. The second-order valence-corrected chi connectivity index (χ2v) is 1.73. The first kappa shape index (κ1) is 5.41. The summed E-state index contributed by atoms with van der Waals surface area (Å²) in [4.78, 5) is 10.2. The van der Waals surface area contributed by atoms with Crippen LogP contribution in [0.5, 0.6) is 0 Å². The van der Waals surface area contributed by atoms with Crippen molar-refractivity contribution in [2.24, 2.45) is 0 Å². The molecular weight excluding hydrogens is 135 g/mol. The molecule has 1 aromatic carbocycles. The van der Waals surface area contributed by atoms with Crippen LogP contribution < -0.4 is 0 Å². The summed E-state index contributed by atoms with van der Waals surface area (Å²) in [6.45, 7) is 0. The fraction of sp³-hybridized carbons (Fsp3) is 0. The Morgan fingerprint density at radius 1 is 1.80 bits per heavy atom. The standard InChI is InChI=1S/C7H5FO2/c8-6-3-1-2-5(4-6)7(9)10/h1-4H,(H,9,10)/i3D. The Kier molecular flexibility index (Phi) is 1.34. The first-order valence-corrected chi connectivity index (χ1v) is 2.60. The molecule has 2 nitrogen and oxygen atoms in total. The summed E-state index contributed by atoms with van der Waals surface area (Å²) >= 11 is 0. The van der Waals surface area contributed by atoms with Crippen LogP contribution in [0.2, 0.25) is 0 Å². The minimum absolute atomic E-state index is 0.140. The van der Waals surface area contributed by atoms with E-state index in [-0.39, 0.29) is 11.6 Å². The van der Waals surface area contributed by atoms with Gasteiger partial charge in [-0.05, 0) is 18.2 Å². The molecule has 0 aliphatic carbocycles. The van der Waals surface area contributed by atoms with Gasteiger partial charge in [0.25, 0.3) is 0 Å². The van der Waals surface area contributed by atoms with Crippen molar-refractivity contribution in [3.63, 3.8) is 0 Å². The van der Waals surface area contributed by atoms with E-state index in [1.54, 1.807) is 0 Å². The van der Waals surface area contributed by atoms with Crippen LogP contribution in [-0.2, 0) is 0 Å². The Hall–Kier alpha value is -1.38. The van der Waals surface area contributed by atoms with Gasteiger partial charge < -0.3 is 5.11 Å². The number of carboxylic acids is 1. The first-order chi connectivity index (χ1) is 5.11. The normalized spacial score (nSPS) is 10.7. The molecule has 0 aromatic heterocycles. The molecule has 0 saturated heterocycles. The Morgan fingerprint density at radius 2 is 2.50 bits per heavy atom. The third-order valence-corrected chi connectivity index (χ3v) is 1.01. The quantitative estimate of drug-likeness (QED) is 0.643. The number of hydrogen-bond donors (Lipinski definition) is 1. The Morgan fingerprint density at radius 3 is 3.00 bits per heavy atom. The van der Waals surface area contributed by atoms with Crippen molar-refractivity contribution >= 4 is 5.97 Å². The molecule has 0 aliphatic rings. The second kappa shape index (κ2) is 2.47. The van der Waals surface area contributed by atoms with E-state index in [1.165, 1.54) is 6.07 Å². The zero-order chi connectivity index (χ0) is 8.43. The van der Waals surface area contributed by atoms with Crippen LogP contribution in [-0.4, -0.2) is 11.1 Å². The molecule has 0 amide bonds. The lowest BCUT2D eigenvalue weighted by molar-refractivity contribution is 0.0696. The lowest BCUT2D eigenvalue weighted by Gasteiger charge is -1.91. The molecule has 0 unspecified atom stereocenters. The maximum atomic E-state index is 12.5. The molecule has 52 valence electrons. The summed E-state index contributed by atoms with van der Waals surface area (Å²) in [6.07, 6.45) is 0. The maximum absolute atomic E-state index is 12.5. The Balaban J connectivity index is 3.15. The topological polar surface area (TPSA) is 37.3 Å². The number of rotatable bonds is 1. The summed E-state index contributed by atoms with van der Waals surface area (Å²) in [5, 5.41) is 8.37. The van der Waals surface area contributed by atoms with E-state index in [0.29, 0.717) is 0 Å². The Labute approximate surface area is 58.3 Å². The molecule has 0 spiro atoms. The van der Waals surface area contributed by atoms with Gasteiger partial charge >= 0.3 is 5.97 Å². The lowest BCUT2D eigenvalue weighted by Crippen LogP contribution is -1.95. The van der Waals surface area contributed by atoms with Gasteiger partial charge in [-0.1, -0.05) is 6.07 Å². The molecule has 1 N–H and O–H groups in total. The Bertz CT molecular complexity index is 298.